The van der Waals surface area contributed by atoms with Crippen molar-refractivity contribution in [1.82, 2.24) is 9.78 Å². The predicted octanol–water partition coefficient (Wildman–Crippen LogP) is 4.04. The summed E-state index contributed by atoms with van der Waals surface area (Å²) in [5, 5.41) is 4.95. The van der Waals surface area contributed by atoms with Gasteiger partial charge in [-0.05, 0) is 24.5 Å². The van der Waals surface area contributed by atoms with E-state index in [0.717, 1.165) is 34.9 Å². The van der Waals surface area contributed by atoms with Crippen LogP contribution in [0.5, 0.6) is 0 Å². The van der Waals surface area contributed by atoms with E-state index in [1.807, 2.05) is 24.3 Å². The molecule has 0 atom stereocenters. The summed E-state index contributed by atoms with van der Waals surface area (Å²) >= 11 is 9.77. The summed E-state index contributed by atoms with van der Waals surface area (Å²) in [7, 11) is 0. The Balaban J connectivity index is 1.97. The molecule has 5 heteroatoms. The highest BCUT2D eigenvalue weighted by Crippen LogP contribution is 2.42. The van der Waals surface area contributed by atoms with E-state index >= 15 is 0 Å². The zero-order chi connectivity index (χ0) is 13.4. The summed E-state index contributed by atoms with van der Waals surface area (Å²) in [5.74, 6) is 0.415. The van der Waals surface area contributed by atoms with Gasteiger partial charge in [-0.15, -0.1) is 0 Å². The van der Waals surface area contributed by atoms with Crippen molar-refractivity contribution >= 4 is 33.8 Å². The zero-order valence-electron chi connectivity index (χ0n) is 10.1. The molecule has 3 nitrogen and oxygen atoms in total. The molecular formula is C14H12BrClN2O. The maximum atomic E-state index is 11.2. The first-order valence-electron chi connectivity index (χ1n) is 6.15. The number of hydrogen-bond donors (Lipinski definition) is 0. The fraction of sp³-hybridized carbons (Fsp3) is 0.286. The van der Waals surface area contributed by atoms with Crippen LogP contribution < -0.4 is 0 Å². The molecule has 0 unspecified atom stereocenters. The predicted molar refractivity (Wildman–Crippen MR) is 77.8 cm³/mol. The van der Waals surface area contributed by atoms with Crippen molar-refractivity contribution in [3.8, 4) is 0 Å². The molecule has 3 rings (SSSR count). The lowest BCUT2D eigenvalue weighted by Gasteiger charge is -2.05. The third-order valence-electron chi connectivity index (χ3n) is 3.31. The summed E-state index contributed by atoms with van der Waals surface area (Å²) in [5.41, 5.74) is 2.50. The second-order valence-electron chi connectivity index (χ2n) is 4.73. The van der Waals surface area contributed by atoms with Crippen LogP contribution in [0, 0.1) is 0 Å². The van der Waals surface area contributed by atoms with Gasteiger partial charge >= 0.3 is 0 Å². The Kier molecular flexibility index (Phi) is 3.46. The van der Waals surface area contributed by atoms with E-state index < -0.39 is 0 Å². The number of halogens is 2. The molecule has 0 amide bonds. The van der Waals surface area contributed by atoms with Crippen LogP contribution in [0.3, 0.4) is 0 Å². The van der Waals surface area contributed by atoms with E-state index in [0.29, 0.717) is 23.2 Å². The van der Waals surface area contributed by atoms with Crippen LogP contribution in [-0.2, 0) is 6.54 Å². The minimum atomic E-state index is 0.415. The van der Waals surface area contributed by atoms with Gasteiger partial charge in [-0.1, -0.05) is 45.7 Å². The van der Waals surface area contributed by atoms with E-state index in [4.69, 9.17) is 11.6 Å². The van der Waals surface area contributed by atoms with Gasteiger partial charge in [-0.2, -0.15) is 5.10 Å². The van der Waals surface area contributed by atoms with Gasteiger partial charge in [0.2, 0.25) is 0 Å². The lowest BCUT2D eigenvalue weighted by molar-refractivity contribution is 0.112. The lowest BCUT2D eigenvalue weighted by Crippen LogP contribution is -2.03. The van der Waals surface area contributed by atoms with Gasteiger partial charge in [0.25, 0.3) is 0 Å². The molecule has 1 saturated carbocycles. The Morgan fingerprint density at radius 1 is 1.42 bits per heavy atom. The van der Waals surface area contributed by atoms with Gasteiger partial charge in [-0.25, -0.2) is 4.68 Å². The van der Waals surface area contributed by atoms with E-state index in [2.05, 4.69) is 21.0 Å². The molecule has 1 aromatic carbocycles. The van der Waals surface area contributed by atoms with Crippen molar-refractivity contribution in [2.75, 3.05) is 0 Å². The van der Waals surface area contributed by atoms with Crippen molar-refractivity contribution in [3.63, 3.8) is 0 Å². The quantitative estimate of drug-likeness (QED) is 0.788. The van der Waals surface area contributed by atoms with Crippen molar-refractivity contribution in [3.05, 3.63) is 50.7 Å². The number of rotatable bonds is 4. The molecule has 2 aromatic rings. The lowest BCUT2D eigenvalue weighted by atomic mass is 10.2. The highest BCUT2D eigenvalue weighted by atomic mass is 79.9. The van der Waals surface area contributed by atoms with Crippen LogP contribution in [0.1, 0.15) is 40.4 Å². The standard InChI is InChI=1S/C14H12BrClN2O/c15-12-4-2-1-3-10(12)7-18-14(16)11(8-19)13(17-18)9-5-6-9/h1-4,8-9H,5-7H2. The van der Waals surface area contributed by atoms with Crippen LogP contribution in [0.2, 0.25) is 5.15 Å². The summed E-state index contributed by atoms with van der Waals surface area (Å²) < 4.78 is 2.72. The van der Waals surface area contributed by atoms with Gasteiger partial charge in [-0.3, -0.25) is 4.79 Å². The third kappa shape index (κ3) is 2.47. The molecule has 0 radical (unpaired) electrons. The molecule has 98 valence electrons. The maximum Gasteiger partial charge on any atom is 0.155 e. The van der Waals surface area contributed by atoms with Crippen LogP contribution in [0.15, 0.2) is 28.7 Å². The summed E-state index contributed by atoms with van der Waals surface area (Å²) in [6.07, 6.45) is 3.02. The van der Waals surface area contributed by atoms with Crippen LogP contribution >= 0.6 is 27.5 Å². The van der Waals surface area contributed by atoms with Gasteiger partial charge in [0.1, 0.15) is 5.15 Å². The first-order valence-corrected chi connectivity index (χ1v) is 7.32. The zero-order valence-corrected chi connectivity index (χ0v) is 12.5. The van der Waals surface area contributed by atoms with Crippen molar-refractivity contribution < 1.29 is 4.79 Å². The molecule has 1 aliphatic carbocycles. The highest BCUT2D eigenvalue weighted by Gasteiger charge is 2.31. The monoisotopic (exact) mass is 338 g/mol. The number of aldehydes is 1. The number of benzene rings is 1. The molecule has 1 heterocycles. The summed E-state index contributed by atoms with van der Waals surface area (Å²) in [6, 6.07) is 7.93. The molecule has 1 aliphatic rings. The van der Waals surface area contributed by atoms with E-state index in [9.17, 15) is 4.79 Å². The van der Waals surface area contributed by atoms with Gasteiger partial charge in [0.15, 0.2) is 6.29 Å². The third-order valence-corrected chi connectivity index (χ3v) is 4.49. The minimum absolute atomic E-state index is 0.415. The van der Waals surface area contributed by atoms with Crippen molar-refractivity contribution in [2.24, 2.45) is 0 Å². The first-order chi connectivity index (χ1) is 9.20. The maximum absolute atomic E-state index is 11.2. The first kappa shape index (κ1) is 12.9. The molecular weight excluding hydrogens is 328 g/mol. The largest absolute Gasteiger partial charge is 0.298 e. The van der Waals surface area contributed by atoms with E-state index in [-0.39, 0.29) is 0 Å². The highest BCUT2D eigenvalue weighted by molar-refractivity contribution is 9.10. The SMILES string of the molecule is O=Cc1c(C2CC2)nn(Cc2ccccc2Br)c1Cl. The fourth-order valence-corrected chi connectivity index (χ4v) is 2.78. The van der Waals surface area contributed by atoms with Gasteiger partial charge in [0.05, 0.1) is 17.8 Å². The summed E-state index contributed by atoms with van der Waals surface area (Å²) in [4.78, 5) is 11.2. The van der Waals surface area contributed by atoms with Crippen LogP contribution in [0.25, 0.3) is 0 Å². The molecule has 0 N–H and O–H groups in total. The Morgan fingerprint density at radius 3 is 2.79 bits per heavy atom. The summed E-state index contributed by atoms with van der Waals surface area (Å²) in [6.45, 7) is 0.563. The van der Waals surface area contributed by atoms with Crippen molar-refractivity contribution in [2.45, 2.75) is 25.3 Å². The van der Waals surface area contributed by atoms with E-state index in [1.54, 1.807) is 4.68 Å². The molecule has 0 saturated heterocycles. The smallest absolute Gasteiger partial charge is 0.155 e. The molecule has 1 aromatic heterocycles. The second kappa shape index (κ2) is 5.10. The van der Waals surface area contributed by atoms with Crippen molar-refractivity contribution in [1.29, 1.82) is 0 Å². The number of carbonyl (C=O) groups is 1. The van der Waals surface area contributed by atoms with Crippen LogP contribution in [0.4, 0.5) is 0 Å². The van der Waals surface area contributed by atoms with Gasteiger partial charge in [0, 0.05) is 10.4 Å². The Bertz CT molecular complexity index is 634. The van der Waals surface area contributed by atoms with Crippen LogP contribution in [-0.4, -0.2) is 16.1 Å². The fourth-order valence-electron chi connectivity index (χ4n) is 2.13. The average molecular weight is 340 g/mol. The second-order valence-corrected chi connectivity index (χ2v) is 5.94. The normalized spacial score (nSPS) is 14.6. The number of hydrogen-bond acceptors (Lipinski definition) is 2. The number of aromatic nitrogens is 2. The minimum Gasteiger partial charge on any atom is -0.298 e. The topological polar surface area (TPSA) is 34.9 Å². The molecule has 1 fully saturated rings. The number of carbonyl (C=O) groups excluding carboxylic acids is 1. The Morgan fingerprint density at radius 2 is 2.16 bits per heavy atom. The molecule has 0 bridgehead atoms. The average Bonchev–Trinajstić information content (AvgIpc) is 3.19. The molecule has 0 aliphatic heterocycles. The van der Waals surface area contributed by atoms with E-state index in [1.165, 1.54) is 0 Å². The van der Waals surface area contributed by atoms with Gasteiger partial charge < -0.3 is 0 Å². The molecule has 0 spiro atoms. The number of nitrogens with zero attached hydrogens (tertiary/aromatic N) is 2. The Labute approximate surface area is 124 Å². The Hall–Kier alpha value is -1.13. The molecule has 19 heavy (non-hydrogen) atoms.